The first-order chi connectivity index (χ1) is 4.83. The third-order valence-corrected chi connectivity index (χ3v) is 1.52. The molecule has 1 atom stereocenters. The highest BCUT2D eigenvalue weighted by molar-refractivity contribution is 7.85. The zero-order valence-corrected chi connectivity index (χ0v) is 7.09. The molecule has 0 heterocycles. The number of hydrogen-bond donors (Lipinski definition) is 1. The van der Waals surface area contributed by atoms with E-state index in [0.717, 1.165) is 6.26 Å². The van der Waals surface area contributed by atoms with Gasteiger partial charge in [-0.1, -0.05) is 0 Å². The van der Waals surface area contributed by atoms with Crippen LogP contribution in [0.25, 0.3) is 0 Å². The van der Waals surface area contributed by atoms with E-state index in [1.54, 1.807) is 0 Å². The second-order valence-electron chi connectivity index (χ2n) is 2.23. The van der Waals surface area contributed by atoms with Gasteiger partial charge in [0.2, 0.25) is 0 Å². The molecule has 6 heteroatoms. The molecule has 0 aliphatic rings. The van der Waals surface area contributed by atoms with Crippen molar-refractivity contribution in [2.24, 2.45) is 5.92 Å². The van der Waals surface area contributed by atoms with Crippen LogP contribution < -0.4 is 0 Å². The fourth-order valence-corrected chi connectivity index (χ4v) is 0.748. The fourth-order valence-electron chi connectivity index (χ4n) is 0.297. The fraction of sp³-hybridized carbons (Fsp3) is 0.800. The zero-order chi connectivity index (χ0) is 9.07. The Labute approximate surface area is 65.1 Å². The van der Waals surface area contributed by atoms with Crippen LogP contribution in [0.5, 0.6) is 0 Å². The molecule has 0 radical (unpaired) electrons. The minimum atomic E-state index is -3.52. The normalized spacial score (nSPS) is 14.4. The summed E-state index contributed by atoms with van der Waals surface area (Å²) in [5.74, 6) is -1.88. The highest BCUT2D eigenvalue weighted by atomic mass is 32.2. The largest absolute Gasteiger partial charge is 0.481 e. The molecular formula is C5H10O5S. The van der Waals surface area contributed by atoms with Gasteiger partial charge in [-0.05, 0) is 6.92 Å². The lowest BCUT2D eigenvalue weighted by Gasteiger charge is -2.04. The number of carboxylic acid groups (broad SMARTS) is 1. The average molecular weight is 182 g/mol. The minimum absolute atomic E-state index is 0.311. The van der Waals surface area contributed by atoms with Crippen LogP contribution in [0.15, 0.2) is 0 Å². The number of carbonyl (C=O) groups is 1. The quantitative estimate of drug-likeness (QED) is 0.603. The Balaban J connectivity index is 3.82. The summed E-state index contributed by atoms with van der Waals surface area (Å²) in [5, 5.41) is 8.30. The third kappa shape index (κ3) is 5.81. The summed E-state index contributed by atoms with van der Waals surface area (Å²) in [7, 11) is -3.52. The lowest BCUT2D eigenvalue weighted by atomic mass is 10.2. The van der Waals surface area contributed by atoms with Crippen molar-refractivity contribution in [2.75, 3.05) is 12.9 Å². The molecule has 0 aromatic carbocycles. The Kier molecular flexibility index (Phi) is 3.47. The van der Waals surface area contributed by atoms with Crippen LogP contribution in [0.2, 0.25) is 0 Å². The molecule has 1 unspecified atom stereocenters. The number of carboxylic acids is 1. The summed E-state index contributed by atoms with van der Waals surface area (Å²) in [6, 6.07) is 0. The SMILES string of the molecule is CC(COS(C)(=O)=O)C(=O)O. The van der Waals surface area contributed by atoms with E-state index in [0.29, 0.717) is 0 Å². The van der Waals surface area contributed by atoms with Crippen LogP contribution in [0.4, 0.5) is 0 Å². The van der Waals surface area contributed by atoms with Gasteiger partial charge in [-0.25, -0.2) is 0 Å². The second kappa shape index (κ2) is 3.68. The van der Waals surface area contributed by atoms with E-state index in [2.05, 4.69) is 4.18 Å². The van der Waals surface area contributed by atoms with Gasteiger partial charge in [0.05, 0.1) is 18.8 Å². The highest BCUT2D eigenvalue weighted by Crippen LogP contribution is 1.98. The van der Waals surface area contributed by atoms with Crippen molar-refractivity contribution in [3.63, 3.8) is 0 Å². The Morgan fingerprint density at radius 3 is 2.36 bits per heavy atom. The van der Waals surface area contributed by atoms with Crippen molar-refractivity contribution in [2.45, 2.75) is 6.92 Å². The number of hydrogen-bond acceptors (Lipinski definition) is 4. The number of aliphatic carboxylic acids is 1. The van der Waals surface area contributed by atoms with Gasteiger partial charge >= 0.3 is 5.97 Å². The van der Waals surface area contributed by atoms with Gasteiger partial charge < -0.3 is 5.11 Å². The maximum absolute atomic E-state index is 10.3. The van der Waals surface area contributed by atoms with Gasteiger partial charge in [0.15, 0.2) is 0 Å². The Morgan fingerprint density at radius 2 is 2.09 bits per heavy atom. The van der Waals surface area contributed by atoms with Gasteiger partial charge in [0.1, 0.15) is 0 Å². The van der Waals surface area contributed by atoms with Gasteiger partial charge in [0, 0.05) is 0 Å². The highest BCUT2D eigenvalue weighted by Gasteiger charge is 2.13. The van der Waals surface area contributed by atoms with Crippen LogP contribution in [0, 0.1) is 5.92 Å². The molecule has 0 rings (SSSR count). The first kappa shape index (κ1) is 10.4. The second-order valence-corrected chi connectivity index (χ2v) is 3.87. The van der Waals surface area contributed by atoms with Gasteiger partial charge in [-0.3, -0.25) is 8.98 Å². The van der Waals surface area contributed by atoms with Crippen molar-refractivity contribution >= 4 is 16.1 Å². The van der Waals surface area contributed by atoms with Gasteiger partial charge in [0.25, 0.3) is 10.1 Å². The van der Waals surface area contributed by atoms with Crippen LogP contribution in [0.1, 0.15) is 6.92 Å². The maximum atomic E-state index is 10.3. The van der Waals surface area contributed by atoms with E-state index in [1.165, 1.54) is 6.92 Å². The van der Waals surface area contributed by atoms with E-state index in [1.807, 2.05) is 0 Å². The average Bonchev–Trinajstić information content (AvgIpc) is 1.80. The molecule has 0 aliphatic heterocycles. The predicted molar refractivity (Wildman–Crippen MR) is 37.6 cm³/mol. The van der Waals surface area contributed by atoms with Crippen LogP contribution >= 0.6 is 0 Å². The lowest BCUT2D eigenvalue weighted by Crippen LogP contribution is -2.18. The topological polar surface area (TPSA) is 80.7 Å². The van der Waals surface area contributed by atoms with Crippen molar-refractivity contribution in [3.05, 3.63) is 0 Å². The monoisotopic (exact) mass is 182 g/mol. The van der Waals surface area contributed by atoms with Gasteiger partial charge in [-0.2, -0.15) is 8.42 Å². The molecule has 0 fully saturated rings. The maximum Gasteiger partial charge on any atom is 0.308 e. The van der Waals surface area contributed by atoms with E-state index in [4.69, 9.17) is 5.11 Å². The number of rotatable bonds is 4. The van der Waals surface area contributed by atoms with E-state index in [-0.39, 0.29) is 6.61 Å². The molecule has 0 aliphatic carbocycles. The van der Waals surface area contributed by atoms with Crippen molar-refractivity contribution in [1.29, 1.82) is 0 Å². The third-order valence-electron chi connectivity index (χ3n) is 0.954. The Hall–Kier alpha value is -0.620. The van der Waals surface area contributed by atoms with Gasteiger partial charge in [-0.15, -0.1) is 0 Å². The predicted octanol–water partition coefficient (Wildman–Crippen LogP) is -0.317. The molecule has 5 nitrogen and oxygen atoms in total. The summed E-state index contributed by atoms with van der Waals surface area (Å²) < 4.78 is 24.9. The van der Waals surface area contributed by atoms with E-state index >= 15 is 0 Å². The van der Waals surface area contributed by atoms with E-state index in [9.17, 15) is 13.2 Å². The molecule has 0 saturated carbocycles. The summed E-state index contributed by atoms with van der Waals surface area (Å²) in [6.45, 7) is 1.06. The van der Waals surface area contributed by atoms with Crippen LogP contribution in [-0.4, -0.2) is 32.4 Å². The molecule has 1 N–H and O–H groups in total. The summed E-state index contributed by atoms with van der Waals surface area (Å²) in [4.78, 5) is 10.1. The molecule has 0 amide bonds. The standard InChI is InChI=1S/C5H10O5S/c1-4(5(6)7)3-10-11(2,8)9/h4H,3H2,1-2H3,(H,6,7). The first-order valence-electron chi connectivity index (χ1n) is 2.90. The van der Waals surface area contributed by atoms with Crippen molar-refractivity contribution in [1.82, 2.24) is 0 Å². The molecular weight excluding hydrogens is 172 g/mol. The first-order valence-corrected chi connectivity index (χ1v) is 4.72. The summed E-state index contributed by atoms with van der Waals surface area (Å²) >= 11 is 0. The van der Waals surface area contributed by atoms with E-state index < -0.39 is 22.0 Å². The summed E-state index contributed by atoms with van der Waals surface area (Å²) in [5.41, 5.74) is 0. The molecule has 66 valence electrons. The molecule has 0 saturated heterocycles. The van der Waals surface area contributed by atoms with Crippen LogP contribution in [0.3, 0.4) is 0 Å². The smallest absolute Gasteiger partial charge is 0.308 e. The van der Waals surface area contributed by atoms with Crippen molar-refractivity contribution in [3.8, 4) is 0 Å². The minimum Gasteiger partial charge on any atom is -0.481 e. The van der Waals surface area contributed by atoms with Crippen LogP contribution in [-0.2, 0) is 19.1 Å². The molecule has 0 aromatic heterocycles. The summed E-state index contributed by atoms with van der Waals surface area (Å²) in [6.07, 6.45) is 0.877. The molecule has 0 aromatic rings. The Morgan fingerprint density at radius 1 is 1.64 bits per heavy atom. The Bertz CT molecular complexity index is 229. The molecule has 0 spiro atoms. The molecule has 11 heavy (non-hydrogen) atoms. The molecule has 0 bridgehead atoms. The van der Waals surface area contributed by atoms with Crippen molar-refractivity contribution < 1.29 is 22.5 Å². The zero-order valence-electron chi connectivity index (χ0n) is 6.27. The lowest BCUT2D eigenvalue weighted by molar-refractivity contribution is -0.141.